The van der Waals surface area contributed by atoms with E-state index in [4.69, 9.17) is 5.73 Å². The van der Waals surface area contributed by atoms with E-state index in [9.17, 15) is 14.7 Å². The zero-order valence-electron chi connectivity index (χ0n) is 15.1. The third-order valence-corrected chi connectivity index (χ3v) is 5.49. The van der Waals surface area contributed by atoms with Crippen molar-refractivity contribution in [3.63, 3.8) is 0 Å². The van der Waals surface area contributed by atoms with Crippen molar-refractivity contribution < 1.29 is 14.7 Å². The molecule has 0 radical (unpaired) electrons. The van der Waals surface area contributed by atoms with Crippen LogP contribution in [0.1, 0.15) is 49.5 Å². The van der Waals surface area contributed by atoms with Crippen LogP contribution >= 0.6 is 0 Å². The molecule has 2 amide bonds. The van der Waals surface area contributed by atoms with Crippen LogP contribution in [-0.2, 0) is 4.79 Å². The standard InChI is InChI=1S/C18H27N5O3/c1-11-6-7-23(10-11)18(26)16(19)12-2-4-13(5-3-12)21-17(25)14-8-20-9-15(24)22-14/h8-9,11-13,16H,2-7,10,19H2,1H3,(H,21,25)(H,22,24)/t11-,12-,13-,16+/m1/s1. The van der Waals surface area contributed by atoms with Crippen LogP contribution < -0.4 is 11.1 Å². The van der Waals surface area contributed by atoms with Crippen molar-refractivity contribution in [2.24, 2.45) is 17.6 Å². The number of nitrogens with zero attached hydrogens (tertiary/aromatic N) is 3. The molecule has 2 atom stereocenters. The maximum atomic E-state index is 12.6. The van der Waals surface area contributed by atoms with Crippen LogP contribution in [0.15, 0.2) is 12.4 Å². The Labute approximate surface area is 153 Å². The number of hydrogen-bond acceptors (Lipinski definition) is 6. The fourth-order valence-electron chi connectivity index (χ4n) is 3.89. The molecule has 1 saturated heterocycles. The number of carbonyl (C=O) groups excluding carboxylic acids is 2. The first-order valence-corrected chi connectivity index (χ1v) is 9.30. The van der Waals surface area contributed by atoms with Crippen LogP contribution in [0.3, 0.4) is 0 Å². The van der Waals surface area contributed by atoms with E-state index in [-0.39, 0.29) is 35.3 Å². The zero-order chi connectivity index (χ0) is 18.7. The van der Waals surface area contributed by atoms with Crippen molar-refractivity contribution in [1.29, 1.82) is 0 Å². The maximum Gasteiger partial charge on any atom is 0.271 e. The molecule has 1 aliphatic carbocycles. The molecule has 1 aromatic rings. The first kappa shape index (κ1) is 18.6. The molecule has 2 aliphatic rings. The summed E-state index contributed by atoms with van der Waals surface area (Å²) in [5.41, 5.74) is 6.35. The molecule has 0 aromatic carbocycles. The van der Waals surface area contributed by atoms with Gasteiger partial charge >= 0.3 is 0 Å². The summed E-state index contributed by atoms with van der Waals surface area (Å²) in [6.45, 7) is 3.77. The van der Waals surface area contributed by atoms with E-state index in [1.807, 2.05) is 4.90 Å². The van der Waals surface area contributed by atoms with E-state index >= 15 is 0 Å². The average molecular weight is 361 g/mol. The Morgan fingerprint density at radius 3 is 2.62 bits per heavy atom. The number of hydrogen-bond donors (Lipinski definition) is 3. The van der Waals surface area contributed by atoms with Crippen molar-refractivity contribution >= 4 is 11.8 Å². The molecule has 1 saturated carbocycles. The lowest BCUT2D eigenvalue weighted by atomic mass is 9.81. The smallest absolute Gasteiger partial charge is 0.271 e. The molecule has 0 unspecified atom stereocenters. The normalized spacial score (nSPS) is 27.2. The molecule has 26 heavy (non-hydrogen) atoms. The summed E-state index contributed by atoms with van der Waals surface area (Å²) in [5, 5.41) is 12.2. The Morgan fingerprint density at radius 1 is 1.27 bits per heavy atom. The molecule has 3 rings (SSSR count). The summed E-state index contributed by atoms with van der Waals surface area (Å²) in [5.74, 6) is 0.159. The molecule has 4 N–H and O–H groups in total. The molecular weight excluding hydrogens is 334 g/mol. The Kier molecular flexibility index (Phi) is 5.70. The van der Waals surface area contributed by atoms with Gasteiger partial charge in [-0.05, 0) is 43.9 Å². The van der Waals surface area contributed by atoms with E-state index in [0.717, 1.165) is 45.2 Å². The minimum atomic E-state index is -0.450. The Bertz CT molecular complexity index is 660. The second kappa shape index (κ2) is 7.99. The molecule has 0 bridgehead atoms. The van der Waals surface area contributed by atoms with Crippen LogP contribution in [0, 0.1) is 11.8 Å². The summed E-state index contributed by atoms with van der Waals surface area (Å²) in [6.07, 6.45) is 6.74. The summed E-state index contributed by atoms with van der Waals surface area (Å²) >= 11 is 0. The van der Waals surface area contributed by atoms with Crippen molar-refractivity contribution in [2.45, 2.75) is 51.1 Å². The third kappa shape index (κ3) is 4.30. The highest BCUT2D eigenvalue weighted by atomic mass is 16.3. The summed E-state index contributed by atoms with van der Waals surface area (Å²) in [7, 11) is 0. The molecule has 1 aromatic heterocycles. The van der Waals surface area contributed by atoms with Crippen LogP contribution in [0.5, 0.6) is 5.88 Å². The number of aromatic hydroxyl groups is 1. The second-order valence-corrected chi connectivity index (χ2v) is 7.55. The largest absolute Gasteiger partial charge is 0.492 e. The van der Waals surface area contributed by atoms with E-state index in [1.165, 1.54) is 12.4 Å². The molecule has 0 spiro atoms. The molecule has 8 nitrogen and oxygen atoms in total. The SMILES string of the molecule is C[C@@H]1CCN(C(=O)[C@@H](N)[C@H]2CC[C@H](NC(=O)c3cncc(O)n3)CC2)C1. The van der Waals surface area contributed by atoms with Gasteiger partial charge in [0.1, 0.15) is 5.69 Å². The fraction of sp³-hybridized carbons (Fsp3) is 0.667. The minimum Gasteiger partial charge on any atom is -0.492 e. The van der Waals surface area contributed by atoms with Gasteiger partial charge in [0.15, 0.2) is 0 Å². The Morgan fingerprint density at radius 2 is 2.00 bits per heavy atom. The van der Waals surface area contributed by atoms with Crippen molar-refractivity contribution in [2.75, 3.05) is 13.1 Å². The molecule has 8 heteroatoms. The third-order valence-electron chi connectivity index (χ3n) is 5.49. The highest BCUT2D eigenvalue weighted by Crippen LogP contribution is 2.28. The fourth-order valence-corrected chi connectivity index (χ4v) is 3.89. The van der Waals surface area contributed by atoms with E-state index in [0.29, 0.717) is 5.92 Å². The number of nitrogens with one attached hydrogen (secondary N) is 1. The highest BCUT2D eigenvalue weighted by molar-refractivity contribution is 5.92. The number of aromatic nitrogens is 2. The molecular formula is C18H27N5O3. The molecule has 2 heterocycles. The summed E-state index contributed by atoms with van der Waals surface area (Å²) in [6, 6.07) is -0.425. The summed E-state index contributed by atoms with van der Waals surface area (Å²) in [4.78, 5) is 34.2. The second-order valence-electron chi connectivity index (χ2n) is 7.55. The zero-order valence-corrected chi connectivity index (χ0v) is 15.1. The van der Waals surface area contributed by atoms with Gasteiger partial charge in [-0.3, -0.25) is 14.6 Å². The van der Waals surface area contributed by atoms with Gasteiger partial charge in [0.2, 0.25) is 11.8 Å². The van der Waals surface area contributed by atoms with E-state index in [1.54, 1.807) is 0 Å². The van der Waals surface area contributed by atoms with Crippen LogP contribution in [0.2, 0.25) is 0 Å². The van der Waals surface area contributed by atoms with Gasteiger partial charge in [-0.15, -0.1) is 0 Å². The van der Waals surface area contributed by atoms with Gasteiger partial charge in [0.05, 0.1) is 18.4 Å². The summed E-state index contributed by atoms with van der Waals surface area (Å²) < 4.78 is 0. The van der Waals surface area contributed by atoms with Gasteiger partial charge in [-0.2, -0.15) is 0 Å². The first-order valence-electron chi connectivity index (χ1n) is 9.30. The van der Waals surface area contributed by atoms with Gasteiger partial charge in [-0.1, -0.05) is 6.92 Å². The van der Waals surface area contributed by atoms with Crippen LogP contribution in [-0.4, -0.2) is 57.0 Å². The van der Waals surface area contributed by atoms with Crippen LogP contribution in [0.4, 0.5) is 0 Å². The molecule has 1 aliphatic heterocycles. The topological polar surface area (TPSA) is 121 Å². The first-order chi connectivity index (χ1) is 12.4. The van der Waals surface area contributed by atoms with E-state index < -0.39 is 6.04 Å². The maximum absolute atomic E-state index is 12.6. The number of rotatable bonds is 4. The number of amides is 2. The van der Waals surface area contributed by atoms with Gasteiger partial charge in [0, 0.05) is 19.1 Å². The van der Waals surface area contributed by atoms with E-state index in [2.05, 4.69) is 22.2 Å². The average Bonchev–Trinajstić information content (AvgIpc) is 3.07. The van der Waals surface area contributed by atoms with Gasteiger partial charge in [-0.25, -0.2) is 4.98 Å². The Balaban J connectivity index is 1.48. The lowest BCUT2D eigenvalue weighted by Gasteiger charge is -2.33. The van der Waals surface area contributed by atoms with Crippen molar-refractivity contribution in [1.82, 2.24) is 20.2 Å². The predicted molar refractivity (Wildman–Crippen MR) is 95.2 cm³/mol. The lowest BCUT2D eigenvalue weighted by Crippen LogP contribution is -2.49. The minimum absolute atomic E-state index is 0.0250. The van der Waals surface area contributed by atoms with Crippen LogP contribution in [0.25, 0.3) is 0 Å². The number of carbonyl (C=O) groups is 2. The lowest BCUT2D eigenvalue weighted by molar-refractivity contribution is -0.133. The monoisotopic (exact) mass is 361 g/mol. The van der Waals surface area contributed by atoms with Gasteiger partial charge < -0.3 is 21.1 Å². The van der Waals surface area contributed by atoms with Gasteiger partial charge in [0.25, 0.3) is 5.91 Å². The number of likely N-dealkylation sites (tertiary alicyclic amines) is 1. The number of nitrogens with two attached hydrogens (primary N) is 1. The van der Waals surface area contributed by atoms with Crippen molar-refractivity contribution in [3.8, 4) is 5.88 Å². The molecule has 2 fully saturated rings. The quantitative estimate of drug-likeness (QED) is 0.724. The highest BCUT2D eigenvalue weighted by Gasteiger charge is 2.34. The Hall–Kier alpha value is -2.22. The van der Waals surface area contributed by atoms with Crippen molar-refractivity contribution in [3.05, 3.63) is 18.1 Å². The molecule has 142 valence electrons. The predicted octanol–water partition coefficient (Wildman–Crippen LogP) is 0.666.